The number of carboxylic acids is 2. The van der Waals surface area contributed by atoms with E-state index in [1.165, 1.54) is 24.3 Å². The molecular weight excluding hydrogens is 291 g/mol. The summed E-state index contributed by atoms with van der Waals surface area (Å²) in [5, 5.41) is 17.1. The van der Waals surface area contributed by atoms with Crippen LogP contribution < -0.4 is 0 Å². The summed E-state index contributed by atoms with van der Waals surface area (Å²) in [5.74, 6) is -2.46. The van der Waals surface area contributed by atoms with Crippen LogP contribution in [-0.2, 0) is 26.2 Å². The Morgan fingerprint density at radius 2 is 1.21 bits per heavy atom. The number of benzene rings is 1. The average Bonchev–Trinajstić information content (AvgIpc) is 2.04. The van der Waals surface area contributed by atoms with Gasteiger partial charge in [0.2, 0.25) is 0 Å². The SMILES string of the molecule is O=C(O)c1ccccc1C(=O)O.[CaH2].[Zr]. The van der Waals surface area contributed by atoms with E-state index < -0.39 is 11.9 Å². The van der Waals surface area contributed by atoms with Crippen LogP contribution in [0.2, 0.25) is 0 Å². The van der Waals surface area contributed by atoms with Gasteiger partial charge in [-0.05, 0) is 12.1 Å². The van der Waals surface area contributed by atoms with E-state index in [2.05, 4.69) is 0 Å². The van der Waals surface area contributed by atoms with E-state index in [1.54, 1.807) is 0 Å². The Bertz CT molecular complexity index is 307. The first kappa shape index (κ1) is 16.7. The molecule has 70 valence electrons. The van der Waals surface area contributed by atoms with Crippen LogP contribution in [0.15, 0.2) is 24.3 Å². The van der Waals surface area contributed by atoms with Gasteiger partial charge in [-0.3, -0.25) is 0 Å². The minimum absolute atomic E-state index is 0. The van der Waals surface area contributed by atoms with Crippen LogP contribution in [0.4, 0.5) is 0 Å². The Hall–Kier alpha value is 0.303. The van der Waals surface area contributed by atoms with Crippen molar-refractivity contribution in [3.05, 3.63) is 35.4 Å². The van der Waals surface area contributed by atoms with E-state index >= 15 is 0 Å². The van der Waals surface area contributed by atoms with Gasteiger partial charge in [0.15, 0.2) is 0 Å². The molecule has 0 radical (unpaired) electrons. The predicted octanol–water partition coefficient (Wildman–Crippen LogP) is 0.164. The van der Waals surface area contributed by atoms with Crippen molar-refractivity contribution >= 4 is 49.7 Å². The van der Waals surface area contributed by atoms with Crippen molar-refractivity contribution in [1.82, 2.24) is 0 Å². The molecule has 6 heteroatoms. The molecule has 0 heterocycles. The quantitative estimate of drug-likeness (QED) is 0.763. The van der Waals surface area contributed by atoms with Crippen molar-refractivity contribution in [1.29, 1.82) is 0 Å². The molecule has 0 unspecified atom stereocenters. The second-order valence-electron chi connectivity index (χ2n) is 2.16. The fourth-order valence-electron chi connectivity index (χ4n) is 0.856. The molecule has 4 nitrogen and oxygen atoms in total. The molecule has 1 aromatic rings. The number of hydrogen-bond donors (Lipinski definition) is 2. The first-order chi connectivity index (χ1) is 5.63. The van der Waals surface area contributed by atoms with E-state index in [0.29, 0.717) is 0 Å². The maximum absolute atomic E-state index is 10.5. The average molecular weight is 299 g/mol. The molecule has 0 spiro atoms. The zero-order valence-corrected chi connectivity index (χ0v) is 8.98. The van der Waals surface area contributed by atoms with Crippen molar-refractivity contribution < 1.29 is 46.0 Å². The van der Waals surface area contributed by atoms with Gasteiger partial charge in [0.05, 0.1) is 11.1 Å². The van der Waals surface area contributed by atoms with Gasteiger partial charge in [-0.1, -0.05) is 12.1 Å². The summed E-state index contributed by atoms with van der Waals surface area (Å²) in [6.45, 7) is 0. The van der Waals surface area contributed by atoms with Crippen LogP contribution >= 0.6 is 0 Å². The molecule has 0 bridgehead atoms. The maximum atomic E-state index is 10.5. The van der Waals surface area contributed by atoms with Crippen LogP contribution in [0.25, 0.3) is 0 Å². The fourth-order valence-corrected chi connectivity index (χ4v) is 0.856. The maximum Gasteiger partial charge on any atom is 0 e. The van der Waals surface area contributed by atoms with Crippen LogP contribution in [0, 0.1) is 0 Å². The number of carboxylic acid groups (broad SMARTS) is 2. The monoisotopic (exact) mass is 298 g/mol. The minimum Gasteiger partial charge on any atom is 0 e. The number of carbonyl (C=O) groups is 2. The Labute approximate surface area is 129 Å². The topological polar surface area (TPSA) is 74.6 Å². The molecule has 1 rings (SSSR count). The molecule has 2 N–H and O–H groups in total. The summed E-state index contributed by atoms with van der Waals surface area (Å²) >= 11 is 0. The second-order valence-corrected chi connectivity index (χ2v) is 2.16. The molecule has 0 aliphatic rings. The smallest absolute Gasteiger partial charge is 0 e. The summed E-state index contributed by atoms with van der Waals surface area (Å²) in [6.07, 6.45) is 0. The van der Waals surface area contributed by atoms with Gasteiger partial charge in [-0.15, -0.1) is 0 Å². The van der Waals surface area contributed by atoms with Crippen molar-refractivity contribution in [3.63, 3.8) is 0 Å². The van der Waals surface area contributed by atoms with E-state index in [4.69, 9.17) is 10.2 Å². The van der Waals surface area contributed by atoms with Crippen LogP contribution in [0.1, 0.15) is 20.7 Å². The van der Waals surface area contributed by atoms with Crippen LogP contribution in [0.3, 0.4) is 0 Å². The zero-order chi connectivity index (χ0) is 9.14. The van der Waals surface area contributed by atoms with Gasteiger partial charge in [0.25, 0.3) is 0 Å². The molecule has 0 aliphatic carbocycles. The van der Waals surface area contributed by atoms with Crippen LogP contribution in [0.5, 0.6) is 0 Å². The molecule has 0 atom stereocenters. The van der Waals surface area contributed by atoms with Crippen molar-refractivity contribution in [2.45, 2.75) is 0 Å². The third kappa shape index (κ3) is 4.22. The first-order valence-electron chi connectivity index (χ1n) is 3.18. The Morgan fingerprint density at radius 3 is 1.43 bits per heavy atom. The first-order valence-corrected chi connectivity index (χ1v) is 3.18. The normalized spacial score (nSPS) is 8.00. The molecular formula is C8H8CaO4Zr. The minimum atomic E-state index is -1.23. The third-order valence-corrected chi connectivity index (χ3v) is 1.39. The van der Waals surface area contributed by atoms with E-state index in [0.717, 1.165) is 0 Å². The summed E-state index contributed by atoms with van der Waals surface area (Å²) in [6, 6.07) is 5.48. The molecule has 1 aromatic carbocycles. The summed E-state index contributed by atoms with van der Waals surface area (Å²) in [5.41, 5.74) is -0.380. The Balaban J connectivity index is 0. The third-order valence-electron chi connectivity index (χ3n) is 1.39. The molecule has 0 saturated heterocycles. The largest absolute Gasteiger partial charge is 0 e. The van der Waals surface area contributed by atoms with Gasteiger partial charge in [0, 0.05) is 26.2 Å². The standard InChI is InChI=1S/C8H6O4.Ca.Zr.2H/c9-7(10)5-3-1-2-4-6(5)8(11)12;;;;/h1-4H,(H,9,10)(H,11,12);;;;. The van der Waals surface area contributed by atoms with E-state index in [-0.39, 0.29) is 75.1 Å². The summed E-state index contributed by atoms with van der Waals surface area (Å²) in [7, 11) is 0. The predicted molar refractivity (Wildman–Crippen MR) is 48.9 cm³/mol. The van der Waals surface area contributed by atoms with Gasteiger partial charge < -0.3 is 10.2 Å². The second kappa shape index (κ2) is 7.58. The molecule has 0 saturated carbocycles. The summed E-state index contributed by atoms with van der Waals surface area (Å²) < 4.78 is 0. The number of rotatable bonds is 2. The Kier molecular flexibility index (Phi) is 9.05. The van der Waals surface area contributed by atoms with Crippen molar-refractivity contribution in [3.8, 4) is 0 Å². The molecule has 0 aliphatic heterocycles. The molecule has 0 aromatic heterocycles. The fraction of sp³-hybridized carbons (Fsp3) is 0. The van der Waals surface area contributed by atoms with Gasteiger partial charge in [-0.25, -0.2) is 9.59 Å². The number of hydrogen-bond acceptors (Lipinski definition) is 2. The van der Waals surface area contributed by atoms with E-state index in [1.807, 2.05) is 0 Å². The summed E-state index contributed by atoms with van der Waals surface area (Å²) in [4.78, 5) is 20.9. The van der Waals surface area contributed by atoms with Gasteiger partial charge >= 0.3 is 49.7 Å². The van der Waals surface area contributed by atoms with Crippen molar-refractivity contribution in [2.75, 3.05) is 0 Å². The van der Waals surface area contributed by atoms with Gasteiger partial charge in [0.1, 0.15) is 0 Å². The van der Waals surface area contributed by atoms with Crippen molar-refractivity contribution in [2.24, 2.45) is 0 Å². The zero-order valence-electron chi connectivity index (χ0n) is 6.52. The Morgan fingerprint density at radius 1 is 0.929 bits per heavy atom. The number of aromatic carboxylic acids is 2. The van der Waals surface area contributed by atoms with Crippen LogP contribution in [-0.4, -0.2) is 59.9 Å². The molecule has 0 fully saturated rings. The molecule has 14 heavy (non-hydrogen) atoms. The van der Waals surface area contributed by atoms with E-state index in [9.17, 15) is 9.59 Å². The van der Waals surface area contributed by atoms with Gasteiger partial charge in [-0.2, -0.15) is 0 Å². The molecule has 0 amide bonds.